The average molecular weight is 337 g/mol. The van der Waals surface area contributed by atoms with E-state index in [-0.39, 0.29) is 5.56 Å². The van der Waals surface area contributed by atoms with Crippen LogP contribution in [-0.2, 0) is 13.6 Å². The number of pyridine rings is 2. The molecule has 1 N–H and O–H groups in total. The van der Waals surface area contributed by atoms with Crippen LogP contribution >= 0.6 is 0 Å². The standard InChI is InChI=1S/C20H23N3O2/c1-23-19-8-7-18(13-17(19)6-9-20(23)24)25-12-3-2-10-21-14-16-5-4-11-22-15-16/h4-9,11,13,15,21H,2-3,10,12,14H2,1H3. The van der Waals surface area contributed by atoms with Crippen LogP contribution in [0.3, 0.4) is 0 Å². The van der Waals surface area contributed by atoms with Crippen molar-refractivity contribution in [2.45, 2.75) is 19.4 Å². The van der Waals surface area contributed by atoms with Crippen molar-refractivity contribution in [2.75, 3.05) is 13.2 Å². The number of unbranched alkanes of at least 4 members (excludes halogenated alkanes) is 1. The van der Waals surface area contributed by atoms with Crippen LogP contribution in [0.25, 0.3) is 10.9 Å². The maximum Gasteiger partial charge on any atom is 0.250 e. The Morgan fingerprint density at radius 1 is 1.16 bits per heavy atom. The Balaban J connectivity index is 1.40. The summed E-state index contributed by atoms with van der Waals surface area (Å²) in [6, 6.07) is 13.3. The van der Waals surface area contributed by atoms with Gasteiger partial charge in [0.15, 0.2) is 0 Å². The third-order valence-electron chi connectivity index (χ3n) is 4.16. The topological polar surface area (TPSA) is 56.1 Å². The minimum absolute atomic E-state index is 0.0000441. The lowest BCUT2D eigenvalue weighted by Gasteiger charge is -2.09. The van der Waals surface area contributed by atoms with E-state index in [2.05, 4.69) is 16.4 Å². The van der Waals surface area contributed by atoms with E-state index < -0.39 is 0 Å². The highest BCUT2D eigenvalue weighted by Gasteiger charge is 2.01. The van der Waals surface area contributed by atoms with E-state index in [1.54, 1.807) is 23.9 Å². The maximum atomic E-state index is 11.6. The van der Waals surface area contributed by atoms with Crippen molar-refractivity contribution < 1.29 is 4.74 Å². The molecule has 0 saturated heterocycles. The number of nitrogens with one attached hydrogen (secondary N) is 1. The van der Waals surface area contributed by atoms with Gasteiger partial charge in [-0.25, -0.2) is 0 Å². The molecular formula is C20H23N3O2. The van der Waals surface area contributed by atoms with Crippen LogP contribution in [0.2, 0.25) is 0 Å². The van der Waals surface area contributed by atoms with Crippen LogP contribution in [0.5, 0.6) is 5.75 Å². The molecule has 0 aliphatic heterocycles. The normalized spacial score (nSPS) is 10.9. The zero-order chi connectivity index (χ0) is 17.5. The zero-order valence-electron chi connectivity index (χ0n) is 14.4. The predicted molar refractivity (Wildman–Crippen MR) is 99.9 cm³/mol. The molecule has 0 bridgehead atoms. The molecule has 0 aliphatic rings. The quantitative estimate of drug-likeness (QED) is 0.642. The van der Waals surface area contributed by atoms with Crippen molar-refractivity contribution in [2.24, 2.45) is 7.05 Å². The van der Waals surface area contributed by atoms with Gasteiger partial charge in [0.25, 0.3) is 5.56 Å². The molecule has 0 amide bonds. The van der Waals surface area contributed by atoms with E-state index >= 15 is 0 Å². The Kier molecular flexibility index (Phi) is 5.80. The summed E-state index contributed by atoms with van der Waals surface area (Å²) in [4.78, 5) is 15.7. The van der Waals surface area contributed by atoms with Crippen LogP contribution in [0.1, 0.15) is 18.4 Å². The van der Waals surface area contributed by atoms with Gasteiger partial charge in [0.05, 0.1) is 12.1 Å². The van der Waals surface area contributed by atoms with Gasteiger partial charge in [0, 0.05) is 37.4 Å². The van der Waals surface area contributed by atoms with Gasteiger partial charge in [-0.05, 0) is 55.3 Å². The SMILES string of the molecule is Cn1c(=O)ccc2cc(OCCCCNCc3cccnc3)ccc21. The summed E-state index contributed by atoms with van der Waals surface area (Å²) in [6.07, 6.45) is 5.71. The second kappa shape index (κ2) is 8.44. The van der Waals surface area contributed by atoms with Crippen LogP contribution in [0, 0.1) is 0 Å². The molecular weight excluding hydrogens is 314 g/mol. The first kappa shape index (κ1) is 17.2. The number of hydrogen-bond donors (Lipinski definition) is 1. The maximum absolute atomic E-state index is 11.6. The smallest absolute Gasteiger partial charge is 0.250 e. The Bertz CT molecular complexity index is 875. The molecule has 25 heavy (non-hydrogen) atoms. The summed E-state index contributed by atoms with van der Waals surface area (Å²) in [6.45, 7) is 2.49. The first-order valence-corrected chi connectivity index (χ1v) is 8.56. The van der Waals surface area contributed by atoms with Crippen LogP contribution in [0.15, 0.2) is 59.7 Å². The van der Waals surface area contributed by atoms with E-state index in [0.717, 1.165) is 42.6 Å². The fourth-order valence-electron chi connectivity index (χ4n) is 2.73. The largest absolute Gasteiger partial charge is 0.494 e. The predicted octanol–water partition coefficient (Wildman–Crippen LogP) is 2.88. The van der Waals surface area contributed by atoms with Gasteiger partial charge >= 0.3 is 0 Å². The minimum atomic E-state index is -0.0000441. The highest BCUT2D eigenvalue weighted by atomic mass is 16.5. The molecule has 5 heteroatoms. The Morgan fingerprint density at radius 3 is 2.92 bits per heavy atom. The lowest BCUT2D eigenvalue weighted by molar-refractivity contribution is 0.306. The number of rotatable bonds is 8. The Hall–Kier alpha value is -2.66. The molecule has 3 aromatic rings. The number of hydrogen-bond acceptors (Lipinski definition) is 4. The molecule has 2 aromatic heterocycles. The summed E-state index contributed by atoms with van der Waals surface area (Å²) in [7, 11) is 1.78. The molecule has 130 valence electrons. The molecule has 0 radical (unpaired) electrons. The van der Waals surface area contributed by atoms with Crippen LogP contribution in [-0.4, -0.2) is 22.7 Å². The summed E-state index contributed by atoms with van der Waals surface area (Å²) >= 11 is 0. The highest BCUT2D eigenvalue weighted by Crippen LogP contribution is 2.19. The van der Waals surface area contributed by atoms with Gasteiger partial charge in [0.2, 0.25) is 0 Å². The molecule has 3 rings (SSSR count). The summed E-state index contributed by atoms with van der Waals surface area (Å²) < 4.78 is 7.47. The van der Waals surface area contributed by atoms with Gasteiger partial charge in [-0.2, -0.15) is 0 Å². The van der Waals surface area contributed by atoms with E-state index in [0.29, 0.717) is 6.61 Å². The zero-order valence-corrected chi connectivity index (χ0v) is 14.4. The molecule has 0 atom stereocenters. The summed E-state index contributed by atoms with van der Waals surface area (Å²) in [5, 5.41) is 4.42. The number of nitrogens with zero attached hydrogens (tertiary/aromatic N) is 2. The summed E-state index contributed by atoms with van der Waals surface area (Å²) in [5.41, 5.74) is 2.11. The molecule has 0 aliphatic carbocycles. The van der Waals surface area contributed by atoms with Gasteiger partial charge in [-0.1, -0.05) is 6.07 Å². The Labute approximate surface area is 147 Å². The fourth-order valence-corrected chi connectivity index (χ4v) is 2.73. The molecule has 0 spiro atoms. The van der Waals surface area contributed by atoms with E-state index in [1.807, 2.05) is 36.5 Å². The monoisotopic (exact) mass is 337 g/mol. The third-order valence-corrected chi connectivity index (χ3v) is 4.16. The van der Waals surface area contributed by atoms with Crippen molar-refractivity contribution in [1.29, 1.82) is 0 Å². The molecule has 5 nitrogen and oxygen atoms in total. The van der Waals surface area contributed by atoms with Crippen LogP contribution in [0.4, 0.5) is 0 Å². The molecule has 2 heterocycles. The molecule has 0 fully saturated rings. The lowest BCUT2D eigenvalue weighted by atomic mass is 10.2. The Morgan fingerprint density at radius 2 is 2.08 bits per heavy atom. The number of fused-ring (bicyclic) bond motifs is 1. The second-order valence-electron chi connectivity index (χ2n) is 6.04. The molecule has 0 saturated carbocycles. The van der Waals surface area contributed by atoms with Gasteiger partial charge in [0.1, 0.15) is 5.75 Å². The van der Waals surface area contributed by atoms with E-state index in [1.165, 1.54) is 5.56 Å². The van der Waals surface area contributed by atoms with Gasteiger partial charge in [-0.15, -0.1) is 0 Å². The molecule has 0 unspecified atom stereocenters. The van der Waals surface area contributed by atoms with E-state index in [4.69, 9.17) is 4.74 Å². The third kappa shape index (κ3) is 4.67. The van der Waals surface area contributed by atoms with Crippen molar-refractivity contribution in [3.8, 4) is 5.75 Å². The van der Waals surface area contributed by atoms with Crippen molar-refractivity contribution in [3.63, 3.8) is 0 Å². The van der Waals surface area contributed by atoms with E-state index in [9.17, 15) is 4.79 Å². The number of aromatic nitrogens is 2. The van der Waals surface area contributed by atoms with Crippen LogP contribution < -0.4 is 15.6 Å². The number of aryl methyl sites for hydroxylation is 1. The molecule has 1 aromatic carbocycles. The highest BCUT2D eigenvalue weighted by molar-refractivity contribution is 5.80. The lowest BCUT2D eigenvalue weighted by Crippen LogP contribution is -2.15. The van der Waals surface area contributed by atoms with Gasteiger partial charge in [-0.3, -0.25) is 9.78 Å². The first-order valence-electron chi connectivity index (χ1n) is 8.56. The number of ether oxygens (including phenoxy) is 1. The number of benzene rings is 1. The van der Waals surface area contributed by atoms with Gasteiger partial charge < -0.3 is 14.6 Å². The summed E-state index contributed by atoms with van der Waals surface area (Å²) in [5.74, 6) is 0.842. The minimum Gasteiger partial charge on any atom is -0.494 e. The fraction of sp³-hybridized carbons (Fsp3) is 0.300. The van der Waals surface area contributed by atoms with Crippen molar-refractivity contribution in [3.05, 3.63) is 70.8 Å². The second-order valence-corrected chi connectivity index (χ2v) is 6.04. The first-order chi connectivity index (χ1) is 12.2. The average Bonchev–Trinajstić information content (AvgIpc) is 2.65. The van der Waals surface area contributed by atoms with Crippen molar-refractivity contribution in [1.82, 2.24) is 14.9 Å². The van der Waals surface area contributed by atoms with Crippen molar-refractivity contribution >= 4 is 10.9 Å².